The maximum Gasteiger partial charge on any atom is 0.0277 e. The smallest absolute Gasteiger partial charge is 0.0277 e. The predicted molar refractivity (Wildman–Crippen MR) is 116 cm³/mol. The third-order valence-corrected chi connectivity index (χ3v) is 5.71. The van der Waals surface area contributed by atoms with Crippen LogP contribution in [0.25, 0.3) is 0 Å². The summed E-state index contributed by atoms with van der Waals surface area (Å²) < 4.78 is 0. The maximum atomic E-state index is 3.50. The summed E-state index contributed by atoms with van der Waals surface area (Å²) in [5.41, 5.74) is 4.34. The summed E-state index contributed by atoms with van der Waals surface area (Å²) in [7, 11) is 0. The molecule has 0 radical (unpaired) electrons. The standard InChI is InChI=1S/C26H40/c1-2-3-4-15-18-24-21-22-25-19-16-13-11-9-7-5-6-8-10-12-14-17-20-26(25)23-24/h21-23H,2-15,17-18,20H2,1H3. The monoisotopic (exact) mass is 352 g/mol. The van der Waals surface area contributed by atoms with Crippen LogP contribution in [0.3, 0.4) is 0 Å². The predicted octanol–water partition coefficient (Wildman–Crippen LogP) is 8.01. The van der Waals surface area contributed by atoms with Crippen molar-refractivity contribution in [1.29, 1.82) is 0 Å². The number of hydrogen-bond acceptors (Lipinski definition) is 0. The minimum absolute atomic E-state index is 1.07. The van der Waals surface area contributed by atoms with Crippen LogP contribution < -0.4 is 0 Å². The molecule has 0 heteroatoms. The van der Waals surface area contributed by atoms with E-state index in [9.17, 15) is 0 Å². The maximum absolute atomic E-state index is 3.50. The molecule has 2 rings (SSSR count). The number of benzene rings is 1. The van der Waals surface area contributed by atoms with E-state index in [0.29, 0.717) is 0 Å². The molecule has 0 saturated carbocycles. The number of fused-ring (bicyclic) bond motifs is 1. The first-order valence-corrected chi connectivity index (χ1v) is 11.5. The second-order valence-corrected chi connectivity index (χ2v) is 8.14. The van der Waals surface area contributed by atoms with Gasteiger partial charge < -0.3 is 0 Å². The Kier molecular flexibility index (Phi) is 11.3. The molecule has 26 heavy (non-hydrogen) atoms. The molecular weight excluding hydrogens is 312 g/mol. The van der Waals surface area contributed by atoms with Gasteiger partial charge in [-0.3, -0.25) is 0 Å². The summed E-state index contributed by atoms with van der Waals surface area (Å²) >= 11 is 0. The van der Waals surface area contributed by atoms with Crippen LogP contribution in [0.2, 0.25) is 0 Å². The second-order valence-electron chi connectivity index (χ2n) is 8.14. The van der Waals surface area contributed by atoms with Gasteiger partial charge in [-0.1, -0.05) is 102 Å². The Balaban J connectivity index is 1.98. The van der Waals surface area contributed by atoms with Crippen molar-refractivity contribution in [2.75, 3.05) is 0 Å². The molecule has 0 fully saturated rings. The Hall–Kier alpha value is -1.22. The van der Waals surface area contributed by atoms with Gasteiger partial charge in [0.15, 0.2) is 0 Å². The normalized spacial score (nSPS) is 17.1. The van der Waals surface area contributed by atoms with Crippen molar-refractivity contribution in [3.63, 3.8) is 0 Å². The minimum Gasteiger partial charge on any atom is -0.0979 e. The molecule has 0 aliphatic heterocycles. The van der Waals surface area contributed by atoms with E-state index in [0.717, 1.165) is 6.42 Å². The third kappa shape index (κ3) is 8.93. The molecule has 1 aliphatic carbocycles. The van der Waals surface area contributed by atoms with Crippen LogP contribution in [-0.4, -0.2) is 0 Å². The molecule has 0 unspecified atom stereocenters. The van der Waals surface area contributed by atoms with E-state index in [1.807, 2.05) is 0 Å². The molecule has 0 spiro atoms. The zero-order valence-electron chi connectivity index (χ0n) is 17.3. The van der Waals surface area contributed by atoms with Crippen molar-refractivity contribution in [2.45, 2.75) is 116 Å². The Morgan fingerprint density at radius 2 is 1.46 bits per heavy atom. The van der Waals surface area contributed by atoms with E-state index in [4.69, 9.17) is 0 Å². The van der Waals surface area contributed by atoms with Crippen molar-refractivity contribution in [3.05, 3.63) is 34.9 Å². The van der Waals surface area contributed by atoms with E-state index in [1.165, 1.54) is 119 Å². The fourth-order valence-corrected chi connectivity index (χ4v) is 3.99. The molecule has 1 aliphatic rings. The van der Waals surface area contributed by atoms with Crippen LogP contribution in [0.5, 0.6) is 0 Å². The molecule has 1 aromatic rings. The Morgan fingerprint density at radius 1 is 0.769 bits per heavy atom. The lowest BCUT2D eigenvalue weighted by molar-refractivity contribution is 0.553. The minimum atomic E-state index is 1.07. The Morgan fingerprint density at radius 3 is 2.19 bits per heavy atom. The lowest BCUT2D eigenvalue weighted by atomic mass is 9.95. The molecule has 0 bridgehead atoms. The zero-order valence-corrected chi connectivity index (χ0v) is 17.3. The zero-order chi connectivity index (χ0) is 18.3. The number of hydrogen-bond donors (Lipinski definition) is 0. The molecule has 0 N–H and O–H groups in total. The highest BCUT2D eigenvalue weighted by Gasteiger charge is 2.04. The summed E-state index contributed by atoms with van der Waals surface area (Å²) in [5.74, 6) is 6.95. The fraction of sp³-hybridized carbons (Fsp3) is 0.692. The van der Waals surface area contributed by atoms with Crippen molar-refractivity contribution in [1.82, 2.24) is 0 Å². The molecule has 1 aromatic carbocycles. The van der Waals surface area contributed by atoms with Gasteiger partial charge in [0.1, 0.15) is 0 Å². The van der Waals surface area contributed by atoms with E-state index in [1.54, 1.807) is 0 Å². The van der Waals surface area contributed by atoms with Crippen molar-refractivity contribution in [2.24, 2.45) is 0 Å². The van der Waals surface area contributed by atoms with Crippen LogP contribution in [0.4, 0.5) is 0 Å². The molecule has 0 aromatic heterocycles. The molecule has 0 amide bonds. The first kappa shape index (κ1) is 21.1. The topological polar surface area (TPSA) is 0 Å². The summed E-state index contributed by atoms with van der Waals surface area (Å²) in [6.45, 7) is 2.29. The molecule has 0 saturated heterocycles. The van der Waals surface area contributed by atoms with Gasteiger partial charge in [0.25, 0.3) is 0 Å². The Labute approximate surface area is 163 Å². The first-order valence-electron chi connectivity index (χ1n) is 11.5. The van der Waals surface area contributed by atoms with Gasteiger partial charge in [-0.2, -0.15) is 0 Å². The van der Waals surface area contributed by atoms with Gasteiger partial charge in [0.05, 0.1) is 0 Å². The molecular formula is C26H40. The van der Waals surface area contributed by atoms with Crippen LogP contribution in [0, 0.1) is 11.8 Å². The third-order valence-electron chi connectivity index (χ3n) is 5.71. The number of unbranched alkanes of at least 4 members (excludes halogenated alkanes) is 3. The largest absolute Gasteiger partial charge is 0.0979 e. The molecule has 0 heterocycles. The highest BCUT2D eigenvalue weighted by atomic mass is 14.1. The van der Waals surface area contributed by atoms with Gasteiger partial charge in [0, 0.05) is 12.0 Å². The highest BCUT2D eigenvalue weighted by Crippen LogP contribution is 2.19. The van der Waals surface area contributed by atoms with E-state index >= 15 is 0 Å². The quantitative estimate of drug-likeness (QED) is 0.372. The SMILES string of the molecule is CCCCCCc1ccc2c(c1)CCCCCCCCCCCCC#C2. The summed E-state index contributed by atoms with van der Waals surface area (Å²) in [5, 5.41) is 0. The van der Waals surface area contributed by atoms with Crippen LogP contribution in [-0.2, 0) is 12.8 Å². The van der Waals surface area contributed by atoms with E-state index in [2.05, 4.69) is 37.0 Å². The van der Waals surface area contributed by atoms with E-state index < -0.39 is 0 Å². The number of aryl methyl sites for hydroxylation is 2. The molecule has 0 atom stereocenters. The van der Waals surface area contributed by atoms with Crippen LogP contribution in [0.15, 0.2) is 18.2 Å². The molecule has 144 valence electrons. The van der Waals surface area contributed by atoms with Crippen LogP contribution >= 0.6 is 0 Å². The number of rotatable bonds is 5. The van der Waals surface area contributed by atoms with Crippen LogP contribution in [0.1, 0.15) is 120 Å². The van der Waals surface area contributed by atoms with Crippen molar-refractivity contribution < 1.29 is 0 Å². The van der Waals surface area contributed by atoms with Crippen molar-refractivity contribution in [3.8, 4) is 11.8 Å². The van der Waals surface area contributed by atoms with Crippen molar-refractivity contribution >= 4 is 0 Å². The fourth-order valence-electron chi connectivity index (χ4n) is 3.99. The van der Waals surface area contributed by atoms with Gasteiger partial charge in [-0.05, 0) is 49.3 Å². The second kappa shape index (κ2) is 13.9. The van der Waals surface area contributed by atoms with Gasteiger partial charge in [-0.15, -0.1) is 0 Å². The summed E-state index contributed by atoms with van der Waals surface area (Å²) in [4.78, 5) is 0. The van der Waals surface area contributed by atoms with Gasteiger partial charge >= 0.3 is 0 Å². The van der Waals surface area contributed by atoms with Gasteiger partial charge in [-0.25, -0.2) is 0 Å². The lowest BCUT2D eigenvalue weighted by Gasteiger charge is -2.09. The highest BCUT2D eigenvalue weighted by molar-refractivity contribution is 5.43. The van der Waals surface area contributed by atoms with E-state index in [-0.39, 0.29) is 0 Å². The average Bonchev–Trinajstić information content (AvgIpc) is 2.65. The Bertz CT molecular complexity index is 543. The summed E-state index contributed by atoms with van der Waals surface area (Å²) in [6.07, 6.45) is 22.8. The summed E-state index contributed by atoms with van der Waals surface area (Å²) in [6, 6.07) is 7.11. The lowest BCUT2D eigenvalue weighted by Crippen LogP contribution is -1.95. The van der Waals surface area contributed by atoms with Gasteiger partial charge in [0.2, 0.25) is 0 Å². The molecule has 0 nitrogen and oxygen atoms in total. The first-order chi connectivity index (χ1) is 12.9. The average molecular weight is 353 g/mol.